The number of unbranched alkanes of at least 4 members (excludes halogenated alkanes) is 1. The van der Waals surface area contributed by atoms with Crippen molar-refractivity contribution in [3.63, 3.8) is 0 Å². The van der Waals surface area contributed by atoms with Gasteiger partial charge in [-0.3, -0.25) is 14.4 Å². The number of hydrogen-bond acceptors (Lipinski definition) is 4. The number of thiophene rings is 1. The van der Waals surface area contributed by atoms with Crippen LogP contribution in [0.3, 0.4) is 0 Å². The molecule has 0 atom stereocenters. The number of aliphatic carboxylic acids is 1. The second-order valence-corrected chi connectivity index (χ2v) is 4.59. The lowest BCUT2D eigenvalue weighted by atomic mass is 10.2. The van der Waals surface area contributed by atoms with E-state index in [4.69, 9.17) is 10.8 Å². The van der Waals surface area contributed by atoms with Crippen LogP contribution in [0.5, 0.6) is 0 Å². The molecule has 0 spiro atoms. The molecule has 0 bridgehead atoms. The molecule has 0 aliphatic heterocycles. The number of amides is 2. The summed E-state index contributed by atoms with van der Waals surface area (Å²) in [4.78, 5) is 32.8. The van der Waals surface area contributed by atoms with Gasteiger partial charge in [0.05, 0.1) is 5.56 Å². The van der Waals surface area contributed by atoms with Crippen molar-refractivity contribution in [2.45, 2.75) is 25.7 Å². The first-order chi connectivity index (χ1) is 8.50. The molecule has 1 heterocycles. The number of nitrogens with two attached hydrogens (primary N) is 1. The SMILES string of the molecule is NC(=O)c1ccsc1NC(=O)CCCCC(=O)O. The summed E-state index contributed by atoms with van der Waals surface area (Å²) in [5, 5.41) is 13.1. The monoisotopic (exact) mass is 270 g/mol. The molecule has 7 heteroatoms. The van der Waals surface area contributed by atoms with Gasteiger partial charge in [-0.15, -0.1) is 11.3 Å². The minimum absolute atomic E-state index is 0.0544. The Bertz CT molecular complexity index is 456. The highest BCUT2D eigenvalue weighted by Gasteiger charge is 2.12. The number of carboxylic acids is 1. The number of carbonyl (C=O) groups excluding carboxylic acids is 2. The second kappa shape index (κ2) is 6.75. The standard InChI is InChI=1S/C11H14N2O4S/c12-10(17)7-5-6-18-11(7)13-8(14)3-1-2-4-9(15)16/h5-6H,1-4H2,(H2,12,17)(H,13,14)(H,15,16). The van der Waals surface area contributed by atoms with Crippen LogP contribution in [0.4, 0.5) is 5.00 Å². The Morgan fingerprint density at radius 2 is 1.94 bits per heavy atom. The lowest BCUT2D eigenvalue weighted by Crippen LogP contribution is -2.16. The van der Waals surface area contributed by atoms with Crippen molar-refractivity contribution in [3.05, 3.63) is 17.0 Å². The molecule has 0 aliphatic rings. The molecule has 0 fully saturated rings. The van der Waals surface area contributed by atoms with Crippen LogP contribution >= 0.6 is 11.3 Å². The molecule has 0 saturated heterocycles. The van der Waals surface area contributed by atoms with Crippen LogP contribution in [-0.4, -0.2) is 22.9 Å². The summed E-state index contributed by atoms with van der Waals surface area (Å²) >= 11 is 1.22. The normalized spacial score (nSPS) is 10.0. The van der Waals surface area contributed by atoms with Gasteiger partial charge >= 0.3 is 5.97 Å². The molecule has 0 aliphatic carbocycles. The van der Waals surface area contributed by atoms with Crippen molar-refractivity contribution in [2.75, 3.05) is 5.32 Å². The van der Waals surface area contributed by atoms with Crippen molar-refractivity contribution < 1.29 is 19.5 Å². The summed E-state index contributed by atoms with van der Waals surface area (Å²) < 4.78 is 0. The molecule has 0 unspecified atom stereocenters. The fourth-order valence-corrected chi connectivity index (χ4v) is 2.16. The van der Waals surface area contributed by atoms with Crippen LogP contribution in [0, 0.1) is 0 Å². The van der Waals surface area contributed by atoms with Crippen LogP contribution in [0.1, 0.15) is 36.0 Å². The van der Waals surface area contributed by atoms with Gasteiger partial charge in [-0.05, 0) is 24.3 Å². The topological polar surface area (TPSA) is 109 Å². The highest BCUT2D eigenvalue weighted by atomic mass is 32.1. The third-order valence-electron chi connectivity index (χ3n) is 2.23. The number of rotatable bonds is 7. The van der Waals surface area contributed by atoms with Crippen LogP contribution in [0.2, 0.25) is 0 Å². The highest BCUT2D eigenvalue weighted by molar-refractivity contribution is 7.14. The van der Waals surface area contributed by atoms with Crippen LogP contribution in [-0.2, 0) is 9.59 Å². The molecule has 6 nitrogen and oxygen atoms in total. The van der Waals surface area contributed by atoms with Crippen LogP contribution < -0.4 is 11.1 Å². The highest BCUT2D eigenvalue weighted by Crippen LogP contribution is 2.22. The maximum absolute atomic E-state index is 11.5. The van der Waals surface area contributed by atoms with Crippen molar-refractivity contribution in [3.8, 4) is 0 Å². The van der Waals surface area contributed by atoms with Gasteiger partial charge in [-0.25, -0.2) is 0 Å². The average molecular weight is 270 g/mol. The zero-order valence-electron chi connectivity index (χ0n) is 9.64. The molecule has 1 rings (SSSR count). The Hall–Kier alpha value is -1.89. The Labute approximate surface area is 108 Å². The van der Waals surface area contributed by atoms with Gasteiger partial charge in [0.15, 0.2) is 0 Å². The first kappa shape index (κ1) is 14.2. The predicted molar refractivity (Wildman–Crippen MR) is 67.6 cm³/mol. The Morgan fingerprint density at radius 3 is 2.56 bits per heavy atom. The van der Waals surface area contributed by atoms with E-state index < -0.39 is 11.9 Å². The molecule has 2 amide bonds. The second-order valence-electron chi connectivity index (χ2n) is 3.68. The molecular weight excluding hydrogens is 256 g/mol. The molecule has 4 N–H and O–H groups in total. The summed E-state index contributed by atoms with van der Waals surface area (Å²) in [6.45, 7) is 0. The van der Waals surface area contributed by atoms with E-state index in [-0.39, 0.29) is 18.7 Å². The van der Waals surface area contributed by atoms with Gasteiger partial charge in [-0.2, -0.15) is 0 Å². The summed E-state index contributed by atoms with van der Waals surface area (Å²) in [6, 6.07) is 1.55. The molecule has 0 saturated carbocycles. The van der Waals surface area contributed by atoms with E-state index in [2.05, 4.69) is 5.32 Å². The van der Waals surface area contributed by atoms with Gasteiger partial charge in [0.25, 0.3) is 5.91 Å². The van der Waals surface area contributed by atoms with E-state index >= 15 is 0 Å². The predicted octanol–water partition coefficient (Wildman–Crippen LogP) is 1.43. The summed E-state index contributed by atoms with van der Waals surface area (Å²) in [7, 11) is 0. The minimum Gasteiger partial charge on any atom is -0.481 e. The number of carbonyl (C=O) groups is 3. The molecule has 1 aromatic rings. The Balaban J connectivity index is 2.38. The summed E-state index contributed by atoms with van der Waals surface area (Å²) in [5.41, 5.74) is 5.43. The number of nitrogens with one attached hydrogen (secondary N) is 1. The van der Waals surface area contributed by atoms with E-state index in [1.807, 2.05) is 0 Å². The van der Waals surface area contributed by atoms with Crippen molar-refractivity contribution in [1.82, 2.24) is 0 Å². The zero-order chi connectivity index (χ0) is 13.5. The molecule has 0 radical (unpaired) electrons. The molecule has 98 valence electrons. The first-order valence-corrected chi connectivity index (χ1v) is 6.27. The fraction of sp³-hybridized carbons (Fsp3) is 0.364. The summed E-state index contributed by atoms with van der Waals surface area (Å²) in [6.07, 6.45) is 1.23. The van der Waals surface area contributed by atoms with Crippen molar-refractivity contribution in [2.24, 2.45) is 5.73 Å². The zero-order valence-corrected chi connectivity index (χ0v) is 10.5. The smallest absolute Gasteiger partial charge is 0.303 e. The Morgan fingerprint density at radius 1 is 1.28 bits per heavy atom. The molecule has 0 aromatic carbocycles. The lowest BCUT2D eigenvalue weighted by Gasteiger charge is -2.03. The van der Waals surface area contributed by atoms with Gasteiger partial charge < -0.3 is 16.2 Å². The van der Waals surface area contributed by atoms with E-state index in [0.29, 0.717) is 23.4 Å². The van der Waals surface area contributed by atoms with E-state index in [1.165, 1.54) is 11.3 Å². The first-order valence-electron chi connectivity index (χ1n) is 5.39. The van der Waals surface area contributed by atoms with Crippen molar-refractivity contribution in [1.29, 1.82) is 0 Å². The number of hydrogen-bond donors (Lipinski definition) is 3. The van der Waals surface area contributed by atoms with E-state index in [1.54, 1.807) is 11.4 Å². The third-order valence-corrected chi connectivity index (χ3v) is 3.06. The minimum atomic E-state index is -0.871. The largest absolute Gasteiger partial charge is 0.481 e. The Kier molecular flexibility index (Phi) is 5.31. The molecular formula is C11H14N2O4S. The average Bonchev–Trinajstić information content (AvgIpc) is 2.72. The number of primary amides is 1. The maximum Gasteiger partial charge on any atom is 0.303 e. The van der Waals surface area contributed by atoms with E-state index in [0.717, 1.165) is 0 Å². The molecule has 1 aromatic heterocycles. The molecule has 18 heavy (non-hydrogen) atoms. The quantitative estimate of drug-likeness (QED) is 0.651. The lowest BCUT2D eigenvalue weighted by molar-refractivity contribution is -0.137. The maximum atomic E-state index is 11.5. The van der Waals surface area contributed by atoms with Crippen LogP contribution in [0.25, 0.3) is 0 Å². The van der Waals surface area contributed by atoms with Crippen molar-refractivity contribution >= 4 is 34.1 Å². The van der Waals surface area contributed by atoms with Gasteiger partial charge in [0, 0.05) is 12.8 Å². The van der Waals surface area contributed by atoms with E-state index in [9.17, 15) is 14.4 Å². The van der Waals surface area contributed by atoms with Gasteiger partial charge in [0.2, 0.25) is 5.91 Å². The fourth-order valence-electron chi connectivity index (χ4n) is 1.35. The number of anilines is 1. The van der Waals surface area contributed by atoms with Gasteiger partial charge in [0.1, 0.15) is 5.00 Å². The third kappa shape index (κ3) is 4.54. The summed E-state index contributed by atoms with van der Waals surface area (Å²) in [5.74, 6) is -1.70. The van der Waals surface area contributed by atoms with Crippen LogP contribution in [0.15, 0.2) is 11.4 Å². The number of carboxylic acid groups (broad SMARTS) is 1. The van der Waals surface area contributed by atoms with Gasteiger partial charge in [-0.1, -0.05) is 0 Å².